The summed E-state index contributed by atoms with van der Waals surface area (Å²) in [6, 6.07) is 20.5. The smallest absolute Gasteiger partial charge is 0.300 e. The molecule has 1 aliphatic rings. The maximum atomic E-state index is 13.3. The quantitative estimate of drug-likeness (QED) is 0.329. The van der Waals surface area contributed by atoms with Crippen molar-refractivity contribution >= 4 is 23.1 Å². The van der Waals surface area contributed by atoms with Gasteiger partial charge in [0.05, 0.1) is 25.3 Å². The summed E-state index contributed by atoms with van der Waals surface area (Å²) in [6.45, 7) is 4.25. The van der Waals surface area contributed by atoms with Gasteiger partial charge in [0.25, 0.3) is 11.7 Å². The number of aliphatic hydroxyl groups excluding tert-OH is 1. The van der Waals surface area contributed by atoms with Gasteiger partial charge >= 0.3 is 0 Å². The number of aliphatic hydroxyl groups is 1. The SMILES string of the molecule is CCOc1cccc(/C(O)=C2\C(=O)C(=O)N(c3ccc(OC)cc3)C2c2ccccc2C)c1. The number of amides is 1. The van der Waals surface area contributed by atoms with Crippen molar-refractivity contribution in [2.24, 2.45) is 0 Å². The van der Waals surface area contributed by atoms with Gasteiger partial charge in [0.1, 0.15) is 17.3 Å². The van der Waals surface area contributed by atoms with Crippen molar-refractivity contribution in [1.29, 1.82) is 0 Å². The van der Waals surface area contributed by atoms with E-state index in [0.29, 0.717) is 29.4 Å². The molecule has 0 saturated carbocycles. The lowest BCUT2D eigenvalue weighted by atomic mass is 9.92. The third-order valence-corrected chi connectivity index (χ3v) is 5.70. The number of benzene rings is 3. The fourth-order valence-corrected chi connectivity index (χ4v) is 4.08. The highest BCUT2D eigenvalue weighted by atomic mass is 16.5. The first-order valence-electron chi connectivity index (χ1n) is 10.7. The minimum Gasteiger partial charge on any atom is -0.507 e. The number of ether oxygens (including phenoxy) is 2. The van der Waals surface area contributed by atoms with E-state index >= 15 is 0 Å². The van der Waals surface area contributed by atoms with E-state index in [-0.39, 0.29) is 11.3 Å². The third kappa shape index (κ3) is 4.07. The highest BCUT2D eigenvalue weighted by molar-refractivity contribution is 6.51. The average molecular weight is 443 g/mol. The minimum atomic E-state index is -0.782. The van der Waals surface area contributed by atoms with E-state index in [1.54, 1.807) is 55.6 Å². The van der Waals surface area contributed by atoms with E-state index < -0.39 is 17.7 Å². The van der Waals surface area contributed by atoms with Crippen molar-refractivity contribution in [1.82, 2.24) is 0 Å². The number of ketones is 1. The number of rotatable bonds is 6. The van der Waals surface area contributed by atoms with Crippen LogP contribution in [0.4, 0.5) is 5.69 Å². The van der Waals surface area contributed by atoms with Gasteiger partial charge in [-0.05, 0) is 61.4 Å². The zero-order valence-corrected chi connectivity index (χ0v) is 18.7. The summed E-state index contributed by atoms with van der Waals surface area (Å²) >= 11 is 0. The van der Waals surface area contributed by atoms with Crippen LogP contribution in [-0.4, -0.2) is 30.5 Å². The summed E-state index contributed by atoms with van der Waals surface area (Å²) in [7, 11) is 1.56. The second-order valence-electron chi connectivity index (χ2n) is 7.68. The monoisotopic (exact) mass is 443 g/mol. The van der Waals surface area contributed by atoms with Crippen LogP contribution in [0.25, 0.3) is 5.76 Å². The Balaban J connectivity index is 1.92. The van der Waals surface area contributed by atoms with Crippen LogP contribution in [0.2, 0.25) is 0 Å². The Hall–Kier alpha value is -4.06. The van der Waals surface area contributed by atoms with Crippen molar-refractivity contribution in [3.8, 4) is 11.5 Å². The van der Waals surface area contributed by atoms with Crippen LogP contribution in [0, 0.1) is 6.92 Å². The van der Waals surface area contributed by atoms with Crippen LogP contribution in [0.5, 0.6) is 11.5 Å². The molecule has 1 heterocycles. The average Bonchev–Trinajstić information content (AvgIpc) is 3.09. The van der Waals surface area contributed by atoms with Crippen LogP contribution in [0.3, 0.4) is 0 Å². The van der Waals surface area contributed by atoms with Crippen LogP contribution in [0.15, 0.2) is 78.4 Å². The predicted molar refractivity (Wildman–Crippen MR) is 127 cm³/mol. The van der Waals surface area contributed by atoms with Crippen molar-refractivity contribution in [2.45, 2.75) is 19.9 Å². The lowest BCUT2D eigenvalue weighted by molar-refractivity contribution is -0.132. The van der Waals surface area contributed by atoms with Crippen molar-refractivity contribution in [3.63, 3.8) is 0 Å². The maximum Gasteiger partial charge on any atom is 0.300 e. The molecule has 1 N–H and O–H groups in total. The zero-order chi connectivity index (χ0) is 23.5. The highest BCUT2D eigenvalue weighted by Crippen LogP contribution is 2.43. The molecule has 0 spiro atoms. The molecule has 0 radical (unpaired) electrons. The molecule has 1 fully saturated rings. The molecule has 1 atom stereocenters. The molecule has 6 heteroatoms. The zero-order valence-electron chi connectivity index (χ0n) is 18.7. The molecule has 1 unspecified atom stereocenters. The number of aryl methyl sites for hydroxylation is 1. The highest BCUT2D eigenvalue weighted by Gasteiger charge is 2.47. The number of nitrogens with zero attached hydrogens (tertiary/aromatic N) is 1. The topological polar surface area (TPSA) is 76.1 Å². The largest absolute Gasteiger partial charge is 0.507 e. The van der Waals surface area contributed by atoms with Crippen LogP contribution in [0.1, 0.15) is 29.7 Å². The van der Waals surface area contributed by atoms with Crippen molar-refractivity contribution in [2.75, 3.05) is 18.6 Å². The van der Waals surface area contributed by atoms with Gasteiger partial charge in [-0.2, -0.15) is 0 Å². The van der Waals surface area contributed by atoms with Gasteiger partial charge in [-0.1, -0.05) is 36.4 Å². The first kappa shape index (κ1) is 22.1. The molecular formula is C27H25NO5. The van der Waals surface area contributed by atoms with E-state index in [9.17, 15) is 14.7 Å². The lowest BCUT2D eigenvalue weighted by Gasteiger charge is -2.26. The van der Waals surface area contributed by atoms with Gasteiger partial charge in [-0.25, -0.2) is 0 Å². The van der Waals surface area contributed by atoms with E-state index in [1.165, 1.54) is 4.90 Å². The van der Waals surface area contributed by atoms with Crippen LogP contribution in [-0.2, 0) is 9.59 Å². The number of anilines is 1. The molecule has 3 aromatic carbocycles. The fraction of sp³-hybridized carbons (Fsp3) is 0.185. The van der Waals surface area contributed by atoms with Gasteiger partial charge in [-0.3, -0.25) is 14.5 Å². The number of carbonyl (C=O) groups excluding carboxylic acids is 2. The Morgan fingerprint density at radius 3 is 2.36 bits per heavy atom. The second kappa shape index (κ2) is 9.20. The standard InChI is InChI=1S/C27H25NO5/c1-4-33-21-10-7-9-18(16-21)25(29)23-24(22-11-6-5-8-17(22)2)28(27(31)26(23)30)19-12-14-20(32-3)15-13-19/h5-16,24,29H,4H2,1-3H3/b25-23+. The Kier molecular flexibility index (Phi) is 6.18. The van der Waals surface area contributed by atoms with E-state index in [0.717, 1.165) is 11.1 Å². The summed E-state index contributed by atoms with van der Waals surface area (Å²) in [5, 5.41) is 11.3. The number of methoxy groups -OCH3 is 1. The van der Waals surface area contributed by atoms with Gasteiger partial charge in [-0.15, -0.1) is 0 Å². The number of Topliss-reactive ketones (excluding diaryl/α,β-unsaturated/α-hetero) is 1. The summed E-state index contributed by atoms with van der Waals surface area (Å²) in [5.41, 5.74) is 2.64. The van der Waals surface area contributed by atoms with Crippen LogP contribution < -0.4 is 14.4 Å². The van der Waals surface area contributed by atoms with E-state index in [2.05, 4.69) is 0 Å². The van der Waals surface area contributed by atoms with E-state index in [1.807, 2.05) is 38.1 Å². The number of hydrogen-bond acceptors (Lipinski definition) is 5. The summed E-state index contributed by atoms with van der Waals surface area (Å²) in [6.07, 6.45) is 0. The maximum absolute atomic E-state index is 13.3. The minimum absolute atomic E-state index is 0.0405. The Labute approximate surface area is 192 Å². The predicted octanol–water partition coefficient (Wildman–Crippen LogP) is 5.03. The fourth-order valence-electron chi connectivity index (χ4n) is 4.08. The third-order valence-electron chi connectivity index (χ3n) is 5.70. The molecule has 33 heavy (non-hydrogen) atoms. The lowest BCUT2D eigenvalue weighted by Crippen LogP contribution is -2.29. The van der Waals surface area contributed by atoms with Gasteiger partial charge in [0.15, 0.2) is 0 Å². The van der Waals surface area contributed by atoms with Crippen molar-refractivity contribution in [3.05, 3.63) is 95.1 Å². The first-order valence-corrected chi connectivity index (χ1v) is 10.7. The summed E-state index contributed by atoms with van der Waals surface area (Å²) in [5.74, 6) is -0.470. The summed E-state index contributed by atoms with van der Waals surface area (Å²) in [4.78, 5) is 27.9. The Bertz CT molecular complexity index is 1230. The number of hydrogen-bond donors (Lipinski definition) is 1. The molecule has 1 saturated heterocycles. The van der Waals surface area contributed by atoms with Crippen LogP contribution >= 0.6 is 0 Å². The van der Waals surface area contributed by atoms with Crippen molar-refractivity contribution < 1.29 is 24.2 Å². The first-order chi connectivity index (χ1) is 16.0. The molecule has 0 aromatic heterocycles. The Morgan fingerprint density at radius 1 is 0.970 bits per heavy atom. The molecular weight excluding hydrogens is 418 g/mol. The van der Waals surface area contributed by atoms with E-state index in [4.69, 9.17) is 9.47 Å². The normalized spacial score (nSPS) is 17.3. The molecule has 6 nitrogen and oxygen atoms in total. The molecule has 1 aliphatic heterocycles. The molecule has 3 aromatic rings. The summed E-state index contributed by atoms with van der Waals surface area (Å²) < 4.78 is 10.8. The molecule has 4 rings (SSSR count). The molecule has 0 bridgehead atoms. The molecule has 0 aliphatic carbocycles. The molecule has 168 valence electrons. The van der Waals surface area contributed by atoms with Gasteiger partial charge < -0.3 is 14.6 Å². The molecule has 1 amide bonds. The van der Waals surface area contributed by atoms with Gasteiger partial charge in [0, 0.05) is 11.3 Å². The second-order valence-corrected chi connectivity index (χ2v) is 7.68. The van der Waals surface area contributed by atoms with Gasteiger partial charge in [0.2, 0.25) is 0 Å². The Morgan fingerprint density at radius 2 is 1.70 bits per heavy atom. The number of carbonyl (C=O) groups is 2.